The number of benzene rings is 3. The molecule has 0 unspecified atom stereocenters. The molecule has 0 spiro atoms. The second-order valence-electron chi connectivity index (χ2n) is 6.44. The number of fused-ring (bicyclic) bond motifs is 1. The summed E-state index contributed by atoms with van der Waals surface area (Å²) in [5.74, 6) is -0.498. The summed E-state index contributed by atoms with van der Waals surface area (Å²) in [6.07, 6.45) is 0. The van der Waals surface area contributed by atoms with E-state index in [9.17, 15) is 9.18 Å². The van der Waals surface area contributed by atoms with Gasteiger partial charge in [-0.3, -0.25) is 4.79 Å². The molecule has 1 aromatic heterocycles. The predicted molar refractivity (Wildman–Crippen MR) is 108 cm³/mol. The number of rotatable bonds is 4. The van der Waals surface area contributed by atoms with Crippen molar-refractivity contribution in [3.05, 3.63) is 95.8 Å². The van der Waals surface area contributed by atoms with E-state index in [1.165, 1.54) is 23.5 Å². The van der Waals surface area contributed by atoms with E-state index in [-0.39, 0.29) is 11.7 Å². The van der Waals surface area contributed by atoms with Crippen molar-refractivity contribution in [1.82, 2.24) is 4.98 Å². The van der Waals surface area contributed by atoms with Crippen LogP contribution in [-0.4, -0.2) is 10.9 Å². The molecule has 0 saturated carbocycles. The molecule has 1 heterocycles. The van der Waals surface area contributed by atoms with Crippen LogP contribution in [0.15, 0.2) is 78.9 Å². The van der Waals surface area contributed by atoms with Gasteiger partial charge in [0, 0.05) is 0 Å². The van der Waals surface area contributed by atoms with Crippen LogP contribution in [0.4, 0.5) is 9.52 Å². The van der Waals surface area contributed by atoms with Gasteiger partial charge in [-0.1, -0.05) is 72.0 Å². The van der Waals surface area contributed by atoms with E-state index in [1.807, 2.05) is 67.6 Å². The summed E-state index contributed by atoms with van der Waals surface area (Å²) < 4.78 is 14.1. The average molecular weight is 376 g/mol. The monoisotopic (exact) mass is 376 g/mol. The van der Waals surface area contributed by atoms with E-state index < -0.39 is 5.41 Å². The van der Waals surface area contributed by atoms with Gasteiger partial charge in [-0.2, -0.15) is 0 Å². The smallest absolute Gasteiger partial charge is 0.240 e. The largest absolute Gasteiger partial charge is 0.301 e. The van der Waals surface area contributed by atoms with E-state index in [0.29, 0.717) is 15.3 Å². The van der Waals surface area contributed by atoms with Gasteiger partial charge in [0.15, 0.2) is 5.13 Å². The SMILES string of the molecule is CC(C(=O)Nc1nc2ccc(F)cc2s1)(c1ccccc1)c1ccccc1. The van der Waals surface area contributed by atoms with Crippen molar-refractivity contribution < 1.29 is 9.18 Å². The van der Waals surface area contributed by atoms with Gasteiger partial charge in [0.2, 0.25) is 5.91 Å². The second kappa shape index (κ2) is 6.93. The molecule has 5 heteroatoms. The molecule has 0 bridgehead atoms. The van der Waals surface area contributed by atoms with Gasteiger partial charge >= 0.3 is 0 Å². The van der Waals surface area contributed by atoms with Gasteiger partial charge < -0.3 is 5.32 Å². The molecule has 4 aromatic rings. The first-order chi connectivity index (χ1) is 13.1. The molecule has 0 saturated heterocycles. The van der Waals surface area contributed by atoms with Gasteiger partial charge in [-0.25, -0.2) is 9.37 Å². The fraction of sp³-hybridized carbons (Fsp3) is 0.0909. The summed E-state index contributed by atoms with van der Waals surface area (Å²) in [7, 11) is 0. The Morgan fingerprint density at radius 1 is 0.963 bits per heavy atom. The van der Waals surface area contributed by atoms with Gasteiger partial charge in [0.1, 0.15) is 5.82 Å². The minimum atomic E-state index is -0.883. The number of hydrogen-bond acceptors (Lipinski definition) is 3. The Hall–Kier alpha value is -3.05. The maximum atomic E-state index is 13.4. The van der Waals surface area contributed by atoms with Crippen molar-refractivity contribution in [2.45, 2.75) is 12.3 Å². The van der Waals surface area contributed by atoms with E-state index in [2.05, 4.69) is 10.3 Å². The van der Waals surface area contributed by atoms with Crippen LogP contribution in [-0.2, 0) is 10.2 Å². The zero-order valence-corrected chi connectivity index (χ0v) is 15.5. The lowest BCUT2D eigenvalue weighted by Crippen LogP contribution is -2.38. The number of carbonyl (C=O) groups is 1. The van der Waals surface area contributed by atoms with E-state index in [1.54, 1.807) is 6.07 Å². The van der Waals surface area contributed by atoms with Gasteiger partial charge in [-0.15, -0.1) is 0 Å². The molecule has 4 rings (SSSR count). The molecule has 134 valence electrons. The van der Waals surface area contributed by atoms with Crippen LogP contribution < -0.4 is 5.32 Å². The number of aromatic nitrogens is 1. The van der Waals surface area contributed by atoms with Gasteiger partial charge in [-0.05, 0) is 36.2 Å². The first-order valence-corrected chi connectivity index (χ1v) is 9.37. The van der Waals surface area contributed by atoms with E-state index in [4.69, 9.17) is 0 Å². The van der Waals surface area contributed by atoms with Crippen LogP contribution in [0.3, 0.4) is 0 Å². The summed E-state index contributed by atoms with van der Waals surface area (Å²) in [6.45, 7) is 1.90. The second-order valence-corrected chi connectivity index (χ2v) is 7.47. The summed E-state index contributed by atoms with van der Waals surface area (Å²) >= 11 is 1.26. The minimum absolute atomic E-state index is 0.181. The zero-order valence-electron chi connectivity index (χ0n) is 14.6. The average Bonchev–Trinajstić information content (AvgIpc) is 3.10. The molecule has 0 aliphatic heterocycles. The number of amides is 1. The van der Waals surface area contributed by atoms with E-state index >= 15 is 0 Å². The molecule has 1 amide bonds. The first-order valence-electron chi connectivity index (χ1n) is 8.56. The van der Waals surface area contributed by atoms with Gasteiger partial charge in [0.25, 0.3) is 0 Å². The van der Waals surface area contributed by atoms with Crippen molar-refractivity contribution in [2.75, 3.05) is 5.32 Å². The summed E-state index contributed by atoms with van der Waals surface area (Å²) in [4.78, 5) is 17.8. The summed E-state index contributed by atoms with van der Waals surface area (Å²) in [5.41, 5.74) is 1.56. The number of anilines is 1. The fourth-order valence-corrected chi connectivity index (χ4v) is 4.03. The van der Waals surface area contributed by atoms with Crippen LogP contribution in [0.25, 0.3) is 10.2 Å². The number of hydrogen-bond donors (Lipinski definition) is 1. The molecule has 0 radical (unpaired) electrons. The van der Waals surface area contributed by atoms with Crippen molar-refractivity contribution in [2.24, 2.45) is 0 Å². The molecule has 3 nitrogen and oxygen atoms in total. The number of thiazole rings is 1. The lowest BCUT2D eigenvalue weighted by molar-refractivity contribution is -0.119. The molecule has 0 fully saturated rings. The maximum absolute atomic E-state index is 13.4. The summed E-state index contributed by atoms with van der Waals surface area (Å²) in [5, 5.41) is 3.39. The maximum Gasteiger partial charge on any atom is 0.240 e. The zero-order chi connectivity index (χ0) is 18.9. The van der Waals surface area contributed by atoms with E-state index in [0.717, 1.165) is 11.1 Å². The number of nitrogens with zero attached hydrogens (tertiary/aromatic N) is 1. The van der Waals surface area contributed by atoms with Crippen molar-refractivity contribution in [3.8, 4) is 0 Å². The highest BCUT2D eigenvalue weighted by Crippen LogP contribution is 2.34. The van der Waals surface area contributed by atoms with Crippen LogP contribution >= 0.6 is 11.3 Å². The lowest BCUT2D eigenvalue weighted by Gasteiger charge is -2.29. The van der Waals surface area contributed by atoms with Crippen LogP contribution in [0.5, 0.6) is 0 Å². The Bertz CT molecular complexity index is 1050. The predicted octanol–water partition coefficient (Wildman–Crippen LogP) is 5.38. The lowest BCUT2D eigenvalue weighted by atomic mass is 9.75. The molecule has 1 N–H and O–H groups in total. The Labute approximate surface area is 160 Å². The molecule has 27 heavy (non-hydrogen) atoms. The molecule has 3 aromatic carbocycles. The quantitative estimate of drug-likeness (QED) is 0.519. The third-order valence-corrected chi connectivity index (χ3v) is 5.66. The van der Waals surface area contributed by atoms with Crippen molar-refractivity contribution in [1.29, 1.82) is 0 Å². The van der Waals surface area contributed by atoms with Crippen LogP contribution in [0.2, 0.25) is 0 Å². The standard InChI is InChI=1S/C22H17FN2OS/c1-22(15-8-4-2-5-9-15,16-10-6-3-7-11-16)20(26)25-21-24-18-13-12-17(23)14-19(18)27-21/h2-14H,1H3,(H,24,25,26). The Morgan fingerprint density at radius 2 is 1.56 bits per heavy atom. The van der Waals surface area contributed by atoms with Crippen molar-refractivity contribution in [3.63, 3.8) is 0 Å². The van der Waals surface area contributed by atoms with Crippen molar-refractivity contribution >= 4 is 32.6 Å². The Kier molecular flexibility index (Phi) is 4.46. The summed E-state index contributed by atoms with van der Waals surface area (Å²) in [6, 6.07) is 23.7. The van der Waals surface area contributed by atoms with Gasteiger partial charge in [0.05, 0.1) is 15.6 Å². The highest BCUT2D eigenvalue weighted by atomic mass is 32.1. The normalized spacial score (nSPS) is 11.5. The molecule has 0 aliphatic rings. The number of nitrogens with one attached hydrogen (secondary N) is 1. The minimum Gasteiger partial charge on any atom is -0.301 e. The molecular formula is C22H17FN2OS. The fourth-order valence-electron chi connectivity index (χ4n) is 3.15. The highest BCUT2D eigenvalue weighted by Gasteiger charge is 2.37. The third kappa shape index (κ3) is 3.22. The topological polar surface area (TPSA) is 42.0 Å². The Morgan fingerprint density at radius 3 is 2.15 bits per heavy atom. The van der Waals surface area contributed by atoms with Crippen LogP contribution in [0, 0.1) is 5.82 Å². The molecule has 0 aliphatic carbocycles. The van der Waals surface area contributed by atoms with Crippen LogP contribution in [0.1, 0.15) is 18.1 Å². The third-order valence-electron chi connectivity index (χ3n) is 4.73. The number of halogens is 1. The highest BCUT2D eigenvalue weighted by molar-refractivity contribution is 7.22. The Balaban J connectivity index is 1.74. The first kappa shape index (κ1) is 17.4. The molecule has 0 atom stereocenters. The number of carbonyl (C=O) groups excluding carboxylic acids is 1. The molecular weight excluding hydrogens is 359 g/mol.